The second-order valence-corrected chi connectivity index (χ2v) is 7.54. The van der Waals surface area contributed by atoms with E-state index in [-0.39, 0.29) is 30.2 Å². The Labute approximate surface area is 158 Å². The van der Waals surface area contributed by atoms with E-state index in [1.54, 1.807) is 11.8 Å². The minimum absolute atomic E-state index is 0.000912. The molecule has 2 saturated heterocycles. The van der Waals surface area contributed by atoms with Crippen LogP contribution in [0, 0.1) is 26.7 Å². The van der Waals surface area contributed by atoms with Crippen LogP contribution in [0.5, 0.6) is 0 Å². The predicted octanol–water partition coefficient (Wildman–Crippen LogP) is 2.71. The van der Waals surface area contributed by atoms with Gasteiger partial charge in [-0.15, -0.1) is 0 Å². The zero-order valence-corrected chi connectivity index (χ0v) is 15.9. The van der Waals surface area contributed by atoms with E-state index in [0.717, 1.165) is 24.1 Å². The van der Waals surface area contributed by atoms with E-state index in [1.165, 1.54) is 5.56 Å². The molecule has 2 aromatic rings. The number of hydrogen-bond donors (Lipinski definition) is 0. The van der Waals surface area contributed by atoms with E-state index in [4.69, 9.17) is 4.52 Å². The van der Waals surface area contributed by atoms with Gasteiger partial charge in [0.25, 0.3) is 0 Å². The van der Waals surface area contributed by atoms with Crippen LogP contribution >= 0.6 is 0 Å². The Bertz CT molecular complexity index is 891. The first-order valence-electron chi connectivity index (χ1n) is 9.42. The predicted molar refractivity (Wildman–Crippen MR) is 99.1 cm³/mol. The van der Waals surface area contributed by atoms with Crippen molar-refractivity contribution >= 4 is 17.5 Å². The van der Waals surface area contributed by atoms with E-state index < -0.39 is 0 Å². The summed E-state index contributed by atoms with van der Waals surface area (Å²) in [5.74, 6) is 0.743. The number of carbonyl (C=O) groups excluding carboxylic acids is 2. The molecule has 1 aromatic carbocycles. The molecule has 3 heterocycles. The molecule has 0 radical (unpaired) electrons. The van der Waals surface area contributed by atoms with Gasteiger partial charge in [0.15, 0.2) is 5.82 Å². The summed E-state index contributed by atoms with van der Waals surface area (Å²) in [5.41, 5.74) is 3.19. The second kappa shape index (κ2) is 6.79. The number of carbonyl (C=O) groups is 2. The topological polar surface area (TPSA) is 79.5 Å². The lowest BCUT2D eigenvalue weighted by molar-refractivity contribution is -0.137. The number of aryl methyl sites for hydroxylation is 3. The zero-order chi connectivity index (χ0) is 19.1. The maximum Gasteiger partial charge on any atom is 0.249 e. The van der Waals surface area contributed by atoms with Crippen LogP contribution in [-0.2, 0) is 9.59 Å². The number of anilines is 1. The monoisotopic (exact) mass is 368 g/mol. The van der Waals surface area contributed by atoms with Gasteiger partial charge in [0, 0.05) is 25.2 Å². The van der Waals surface area contributed by atoms with Gasteiger partial charge in [0.1, 0.15) is 6.04 Å². The molecule has 0 aliphatic carbocycles. The molecule has 2 amide bonds. The Morgan fingerprint density at radius 2 is 2.04 bits per heavy atom. The molecule has 142 valence electrons. The first-order chi connectivity index (χ1) is 12.9. The molecule has 0 bridgehead atoms. The highest BCUT2D eigenvalue weighted by atomic mass is 16.5. The van der Waals surface area contributed by atoms with Crippen LogP contribution in [0.2, 0.25) is 0 Å². The third-order valence-corrected chi connectivity index (χ3v) is 5.64. The number of likely N-dealkylation sites (tertiary alicyclic amines) is 1. The van der Waals surface area contributed by atoms with Crippen molar-refractivity contribution in [2.75, 3.05) is 18.0 Å². The zero-order valence-electron chi connectivity index (χ0n) is 15.9. The van der Waals surface area contributed by atoms with Gasteiger partial charge >= 0.3 is 0 Å². The summed E-state index contributed by atoms with van der Waals surface area (Å²) in [7, 11) is 0. The van der Waals surface area contributed by atoms with Crippen molar-refractivity contribution in [3.8, 4) is 0 Å². The van der Waals surface area contributed by atoms with Crippen molar-refractivity contribution < 1.29 is 14.1 Å². The quantitative estimate of drug-likeness (QED) is 0.832. The molecular weight excluding hydrogens is 344 g/mol. The molecule has 2 aliphatic rings. The van der Waals surface area contributed by atoms with Crippen molar-refractivity contribution in [2.24, 2.45) is 5.92 Å². The van der Waals surface area contributed by atoms with Gasteiger partial charge in [0.2, 0.25) is 17.7 Å². The van der Waals surface area contributed by atoms with Gasteiger partial charge < -0.3 is 14.3 Å². The standard InChI is InChI=1S/C20H24N4O3/c1-12-6-7-16(9-13(12)2)24-11-15(10-18(24)25)20(26)23-8-4-5-17(23)19-21-14(3)22-27-19/h6-7,9,15,17H,4-5,8,10-11H2,1-3H3. The van der Waals surface area contributed by atoms with E-state index in [9.17, 15) is 9.59 Å². The van der Waals surface area contributed by atoms with Gasteiger partial charge in [0.05, 0.1) is 5.92 Å². The van der Waals surface area contributed by atoms with Gasteiger partial charge in [-0.3, -0.25) is 9.59 Å². The van der Waals surface area contributed by atoms with Crippen molar-refractivity contribution in [3.63, 3.8) is 0 Å². The Morgan fingerprint density at radius 3 is 2.74 bits per heavy atom. The van der Waals surface area contributed by atoms with Crippen LogP contribution in [0.1, 0.15) is 48.1 Å². The number of hydrogen-bond acceptors (Lipinski definition) is 5. The van der Waals surface area contributed by atoms with Gasteiger partial charge in [-0.1, -0.05) is 11.2 Å². The van der Waals surface area contributed by atoms with Crippen molar-refractivity contribution in [1.29, 1.82) is 0 Å². The maximum atomic E-state index is 13.1. The number of amides is 2. The van der Waals surface area contributed by atoms with E-state index >= 15 is 0 Å². The number of nitrogens with zero attached hydrogens (tertiary/aromatic N) is 4. The molecule has 0 spiro atoms. The summed E-state index contributed by atoms with van der Waals surface area (Å²) >= 11 is 0. The Morgan fingerprint density at radius 1 is 1.22 bits per heavy atom. The molecule has 4 rings (SSSR count). The molecule has 2 atom stereocenters. The SMILES string of the molecule is Cc1noc(C2CCCN2C(=O)C2CC(=O)N(c3ccc(C)c(C)c3)C2)n1. The fraction of sp³-hybridized carbons (Fsp3) is 0.500. The Kier molecular flexibility index (Phi) is 4.45. The van der Waals surface area contributed by atoms with E-state index in [1.807, 2.05) is 36.9 Å². The highest BCUT2D eigenvalue weighted by Gasteiger charge is 2.42. The fourth-order valence-electron chi connectivity index (χ4n) is 3.99. The molecule has 27 heavy (non-hydrogen) atoms. The third-order valence-electron chi connectivity index (χ3n) is 5.64. The molecule has 2 unspecified atom stereocenters. The largest absolute Gasteiger partial charge is 0.337 e. The van der Waals surface area contributed by atoms with Crippen LogP contribution in [-0.4, -0.2) is 39.9 Å². The van der Waals surface area contributed by atoms with Crippen molar-refractivity contribution in [2.45, 2.75) is 46.1 Å². The number of rotatable bonds is 3. The lowest BCUT2D eigenvalue weighted by atomic mass is 10.1. The minimum atomic E-state index is -0.330. The average Bonchev–Trinajstić information content (AvgIpc) is 3.36. The second-order valence-electron chi connectivity index (χ2n) is 7.54. The van der Waals surface area contributed by atoms with Gasteiger partial charge in [-0.2, -0.15) is 4.98 Å². The summed E-state index contributed by atoms with van der Waals surface area (Å²) in [6, 6.07) is 5.80. The fourth-order valence-corrected chi connectivity index (χ4v) is 3.99. The molecule has 7 nitrogen and oxygen atoms in total. The van der Waals surface area contributed by atoms with Crippen LogP contribution in [0.15, 0.2) is 22.7 Å². The van der Waals surface area contributed by atoms with E-state index in [0.29, 0.717) is 24.8 Å². The highest BCUT2D eigenvalue weighted by Crippen LogP contribution is 2.35. The molecule has 1 aromatic heterocycles. The molecule has 0 N–H and O–H groups in total. The number of aromatic nitrogens is 2. The van der Waals surface area contributed by atoms with Crippen LogP contribution in [0.25, 0.3) is 0 Å². The number of benzene rings is 1. The lowest BCUT2D eigenvalue weighted by Crippen LogP contribution is -2.37. The minimum Gasteiger partial charge on any atom is -0.337 e. The molecule has 2 aliphatic heterocycles. The van der Waals surface area contributed by atoms with Crippen molar-refractivity contribution in [3.05, 3.63) is 41.0 Å². The van der Waals surface area contributed by atoms with Gasteiger partial charge in [-0.25, -0.2) is 0 Å². The summed E-state index contributed by atoms with van der Waals surface area (Å²) in [6.45, 7) is 6.93. The summed E-state index contributed by atoms with van der Waals surface area (Å²) in [6.07, 6.45) is 1.96. The summed E-state index contributed by atoms with van der Waals surface area (Å²) in [5, 5.41) is 3.85. The third kappa shape index (κ3) is 3.22. The van der Waals surface area contributed by atoms with Gasteiger partial charge in [-0.05, 0) is 56.9 Å². The molecule has 7 heteroatoms. The molecule has 2 fully saturated rings. The van der Waals surface area contributed by atoms with Crippen LogP contribution < -0.4 is 4.90 Å². The lowest BCUT2D eigenvalue weighted by Gasteiger charge is -2.25. The van der Waals surface area contributed by atoms with Crippen LogP contribution in [0.4, 0.5) is 5.69 Å². The smallest absolute Gasteiger partial charge is 0.249 e. The Hall–Kier alpha value is -2.70. The van der Waals surface area contributed by atoms with Crippen LogP contribution in [0.3, 0.4) is 0 Å². The summed E-state index contributed by atoms with van der Waals surface area (Å²) < 4.78 is 5.29. The Balaban J connectivity index is 1.51. The first-order valence-corrected chi connectivity index (χ1v) is 9.42. The van der Waals surface area contributed by atoms with Crippen molar-refractivity contribution in [1.82, 2.24) is 15.0 Å². The normalized spacial score (nSPS) is 22.7. The summed E-state index contributed by atoms with van der Waals surface area (Å²) in [4.78, 5) is 33.6. The van der Waals surface area contributed by atoms with E-state index in [2.05, 4.69) is 10.1 Å². The average molecular weight is 368 g/mol. The molecular formula is C20H24N4O3. The first kappa shape index (κ1) is 17.7. The molecule has 0 saturated carbocycles. The maximum absolute atomic E-state index is 13.1. The highest BCUT2D eigenvalue weighted by molar-refractivity contribution is 6.00.